The van der Waals surface area contributed by atoms with Gasteiger partial charge in [-0.25, -0.2) is 22.5 Å². The van der Waals surface area contributed by atoms with Crippen molar-refractivity contribution in [1.82, 2.24) is 14.6 Å². The van der Waals surface area contributed by atoms with Crippen LogP contribution in [0.5, 0.6) is 0 Å². The molecule has 9 nitrogen and oxygen atoms in total. The summed E-state index contributed by atoms with van der Waals surface area (Å²) in [4.78, 5) is 26.6. The van der Waals surface area contributed by atoms with E-state index >= 15 is 0 Å². The maximum atomic E-state index is 12.4. The van der Waals surface area contributed by atoms with Gasteiger partial charge in [0.05, 0.1) is 17.5 Å². The molecule has 180 valence electrons. The molecule has 2 aliphatic rings. The van der Waals surface area contributed by atoms with Gasteiger partial charge in [0.15, 0.2) is 5.13 Å². The lowest BCUT2D eigenvalue weighted by molar-refractivity contribution is -0.192. The number of hydrogen-bond acceptors (Lipinski definition) is 7. The lowest BCUT2D eigenvalue weighted by atomic mass is 9.87. The zero-order valence-corrected chi connectivity index (χ0v) is 19.0. The van der Waals surface area contributed by atoms with Crippen LogP contribution in [0.15, 0.2) is 30.3 Å². The van der Waals surface area contributed by atoms with Gasteiger partial charge in [0.2, 0.25) is 10.0 Å². The van der Waals surface area contributed by atoms with Crippen molar-refractivity contribution in [2.24, 2.45) is 0 Å². The highest BCUT2D eigenvalue weighted by molar-refractivity contribution is 7.88. The fourth-order valence-corrected chi connectivity index (χ4v) is 5.34. The van der Waals surface area contributed by atoms with Crippen LogP contribution in [0.4, 0.5) is 18.3 Å². The van der Waals surface area contributed by atoms with Crippen molar-refractivity contribution in [2.75, 3.05) is 24.7 Å². The number of benzene rings is 1. The summed E-state index contributed by atoms with van der Waals surface area (Å²) in [6.07, 6.45) is -2.78. The third-order valence-corrected chi connectivity index (χ3v) is 7.53. The number of carbonyl (C=O) groups is 2. The predicted molar refractivity (Wildman–Crippen MR) is 114 cm³/mol. The number of alkyl halides is 3. The molecular formula is C19H21F3N4O5S2. The molecular weight excluding hydrogens is 485 g/mol. The van der Waals surface area contributed by atoms with E-state index in [9.17, 15) is 26.4 Å². The van der Waals surface area contributed by atoms with Crippen LogP contribution in [-0.4, -0.2) is 60.2 Å². The van der Waals surface area contributed by atoms with Crippen LogP contribution < -0.4 is 10.6 Å². The van der Waals surface area contributed by atoms with Gasteiger partial charge in [-0.2, -0.15) is 13.2 Å². The first-order chi connectivity index (χ1) is 15.3. The second-order valence-electron chi connectivity index (χ2n) is 7.54. The van der Waals surface area contributed by atoms with Crippen LogP contribution in [-0.2, 0) is 26.9 Å². The Morgan fingerprint density at radius 1 is 1.27 bits per heavy atom. The number of halogens is 3. The number of rotatable bonds is 4. The average Bonchev–Trinajstić information content (AvgIpc) is 3.27. The van der Waals surface area contributed by atoms with Gasteiger partial charge >= 0.3 is 12.1 Å². The van der Waals surface area contributed by atoms with E-state index in [0.29, 0.717) is 37.4 Å². The molecule has 2 aromatic rings. The third-order valence-electron chi connectivity index (χ3n) is 5.21. The molecule has 1 saturated heterocycles. The number of thiazole rings is 1. The van der Waals surface area contributed by atoms with Gasteiger partial charge < -0.3 is 15.7 Å². The zero-order valence-electron chi connectivity index (χ0n) is 17.3. The number of anilines is 1. The van der Waals surface area contributed by atoms with E-state index in [2.05, 4.69) is 15.6 Å². The number of carbonyl (C=O) groups excluding carboxylic acids is 1. The fourth-order valence-electron chi connectivity index (χ4n) is 3.54. The number of sulfonamides is 1. The minimum atomic E-state index is -5.08. The second kappa shape index (κ2) is 9.27. The van der Waals surface area contributed by atoms with Gasteiger partial charge in [-0.1, -0.05) is 41.7 Å². The van der Waals surface area contributed by atoms with Crippen molar-refractivity contribution < 1.29 is 36.3 Å². The van der Waals surface area contributed by atoms with Crippen LogP contribution in [0, 0.1) is 0 Å². The Kier molecular flexibility index (Phi) is 7.00. The molecule has 0 atom stereocenters. The quantitative estimate of drug-likeness (QED) is 0.581. The van der Waals surface area contributed by atoms with E-state index in [1.165, 1.54) is 21.9 Å². The monoisotopic (exact) mass is 506 g/mol. The maximum Gasteiger partial charge on any atom is 0.490 e. The van der Waals surface area contributed by atoms with Gasteiger partial charge in [0, 0.05) is 19.6 Å². The smallest absolute Gasteiger partial charge is 0.475 e. The van der Waals surface area contributed by atoms with E-state index < -0.39 is 27.7 Å². The number of nitrogens with zero attached hydrogens (tertiary/aromatic N) is 2. The summed E-state index contributed by atoms with van der Waals surface area (Å²) in [7, 11) is -3.21. The van der Waals surface area contributed by atoms with E-state index in [0.717, 1.165) is 16.4 Å². The summed E-state index contributed by atoms with van der Waals surface area (Å²) in [5, 5.41) is 14.2. The molecule has 0 saturated carbocycles. The van der Waals surface area contributed by atoms with Crippen LogP contribution >= 0.6 is 11.3 Å². The van der Waals surface area contributed by atoms with Gasteiger partial charge in [-0.15, -0.1) is 0 Å². The molecule has 33 heavy (non-hydrogen) atoms. The van der Waals surface area contributed by atoms with E-state index in [4.69, 9.17) is 9.90 Å². The molecule has 2 aliphatic heterocycles. The summed E-state index contributed by atoms with van der Waals surface area (Å²) in [5.41, 5.74) is 1.36. The minimum Gasteiger partial charge on any atom is -0.475 e. The third kappa shape index (κ3) is 5.81. The number of aliphatic carboxylic acids is 1. The SMILES string of the molecule is CS(=O)(=O)N1CCC2(CC1)NC(=O)c1sc(NCc3ccccc3)nc12.O=C(O)C(F)(F)F. The fraction of sp³-hybridized carbons (Fsp3) is 0.421. The Hall–Kier alpha value is -2.71. The number of amides is 1. The van der Waals surface area contributed by atoms with E-state index in [1.807, 2.05) is 30.3 Å². The highest BCUT2D eigenvalue weighted by Crippen LogP contribution is 2.42. The van der Waals surface area contributed by atoms with Crippen molar-refractivity contribution in [1.29, 1.82) is 0 Å². The topological polar surface area (TPSA) is 129 Å². The van der Waals surface area contributed by atoms with Crippen LogP contribution in [0.2, 0.25) is 0 Å². The van der Waals surface area contributed by atoms with Gasteiger partial charge in [-0.3, -0.25) is 4.79 Å². The minimum absolute atomic E-state index is 0.113. The summed E-state index contributed by atoms with van der Waals surface area (Å²) < 4.78 is 56.7. The first-order valence-electron chi connectivity index (χ1n) is 9.69. The molecule has 0 bridgehead atoms. The Morgan fingerprint density at radius 3 is 2.36 bits per heavy atom. The molecule has 1 amide bonds. The molecule has 0 unspecified atom stereocenters. The molecule has 3 N–H and O–H groups in total. The van der Waals surface area contributed by atoms with Gasteiger partial charge in [0.1, 0.15) is 4.88 Å². The molecule has 4 rings (SSSR count). The first kappa shape index (κ1) is 24.9. The number of fused-ring (bicyclic) bond motifs is 2. The maximum absolute atomic E-state index is 12.4. The van der Waals surface area contributed by atoms with Gasteiger partial charge in [0.25, 0.3) is 5.91 Å². The van der Waals surface area contributed by atoms with Gasteiger partial charge in [-0.05, 0) is 18.4 Å². The highest BCUT2D eigenvalue weighted by Gasteiger charge is 2.48. The predicted octanol–water partition coefficient (Wildman–Crippen LogP) is 2.38. The summed E-state index contributed by atoms with van der Waals surface area (Å²) in [6.45, 7) is 1.43. The standard InChI is InChI=1S/C17H20N4O3S2.C2HF3O2/c1-26(23,24)21-9-7-17(8-10-21)14-13(15(22)20-17)25-16(19-14)18-11-12-5-3-2-4-6-12;3-2(4,5)1(6)7/h2-6H,7-11H2,1H3,(H,18,19)(H,20,22);(H,6,7). The number of hydrogen-bond donors (Lipinski definition) is 3. The number of piperidine rings is 1. The van der Waals surface area contributed by atoms with Crippen molar-refractivity contribution in [3.8, 4) is 0 Å². The Labute approximate surface area is 191 Å². The number of carboxylic acid groups (broad SMARTS) is 1. The number of carboxylic acids is 1. The van der Waals surface area contributed by atoms with Crippen LogP contribution in [0.1, 0.15) is 33.8 Å². The van der Waals surface area contributed by atoms with Crippen molar-refractivity contribution in [3.63, 3.8) is 0 Å². The molecule has 0 radical (unpaired) electrons. The van der Waals surface area contributed by atoms with Crippen molar-refractivity contribution in [3.05, 3.63) is 46.5 Å². The first-order valence-corrected chi connectivity index (χ1v) is 12.4. The molecule has 1 aromatic carbocycles. The summed E-state index contributed by atoms with van der Waals surface area (Å²) in [6, 6.07) is 10.00. The molecule has 0 aliphatic carbocycles. The Bertz CT molecular complexity index is 1130. The molecule has 3 heterocycles. The van der Waals surface area contributed by atoms with Crippen LogP contribution in [0.3, 0.4) is 0 Å². The molecule has 1 spiro atoms. The largest absolute Gasteiger partial charge is 0.490 e. The molecule has 1 aromatic heterocycles. The normalized spacial score (nSPS) is 17.6. The van der Waals surface area contributed by atoms with E-state index in [-0.39, 0.29) is 5.91 Å². The zero-order chi connectivity index (χ0) is 24.4. The van der Waals surface area contributed by atoms with Crippen molar-refractivity contribution in [2.45, 2.75) is 31.1 Å². The lowest BCUT2D eigenvalue weighted by Crippen LogP contribution is -2.50. The Balaban J connectivity index is 0.000000383. The Morgan fingerprint density at radius 2 is 1.85 bits per heavy atom. The van der Waals surface area contributed by atoms with Crippen LogP contribution in [0.25, 0.3) is 0 Å². The van der Waals surface area contributed by atoms with E-state index in [1.54, 1.807) is 0 Å². The molecule has 1 fully saturated rings. The lowest BCUT2D eigenvalue weighted by Gasteiger charge is -2.37. The number of nitrogens with one attached hydrogen (secondary N) is 2. The summed E-state index contributed by atoms with van der Waals surface area (Å²) >= 11 is 1.36. The highest BCUT2D eigenvalue weighted by atomic mass is 32.2. The average molecular weight is 507 g/mol. The van der Waals surface area contributed by atoms with Crippen molar-refractivity contribution >= 4 is 38.4 Å². The summed E-state index contributed by atoms with van der Waals surface area (Å²) in [5.74, 6) is -2.87. The molecule has 14 heteroatoms. The number of aromatic nitrogens is 1. The second-order valence-corrected chi connectivity index (χ2v) is 10.5.